The molecule has 0 aliphatic heterocycles. The summed E-state index contributed by atoms with van der Waals surface area (Å²) in [6, 6.07) is 12.1. The fourth-order valence-corrected chi connectivity index (χ4v) is 2.29. The van der Waals surface area contributed by atoms with E-state index in [1.165, 1.54) is 13.3 Å². The van der Waals surface area contributed by atoms with Crippen LogP contribution in [0, 0.1) is 0 Å². The molecule has 0 unspecified atom stereocenters. The van der Waals surface area contributed by atoms with Crippen molar-refractivity contribution in [3.05, 3.63) is 48.0 Å². The molecule has 0 bridgehead atoms. The Morgan fingerprint density at radius 3 is 2.36 bits per heavy atom. The molecule has 0 radical (unpaired) electrons. The largest absolute Gasteiger partial charge is 0.497 e. The summed E-state index contributed by atoms with van der Waals surface area (Å²) in [5.74, 6) is 0.919. The molecular weight excluding hydrogens is 362 g/mol. The Kier molecular flexibility index (Phi) is 7.83. The van der Waals surface area contributed by atoms with Gasteiger partial charge in [0, 0.05) is 17.3 Å². The van der Waals surface area contributed by atoms with E-state index in [0.29, 0.717) is 35.1 Å². The highest BCUT2D eigenvalue weighted by Crippen LogP contribution is 2.23. The molecule has 8 heteroatoms. The molecular formula is C20H23N3O5. The number of ether oxygens (including phenoxy) is 3. The lowest BCUT2D eigenvalue weighted by atomic mass is 10.2. The highest BCUT2D eigenvalue weighted by Gasteiger charge is 2.09. The minimum atomic E-state index is -0.535. The second kappa shape index (κ2) is 10.6. The standard InChI is InChI=1S/C20H23N3O5/c1-4-28-16-9-6-15(7-10-16)22-19(24)12-20(25)23-21-13-14-5-8-17(26-2)11-18(14)27-3/h5-11,13H,4,12H2,1-3H3,(H,22,24)(H,23,25). The average Bonchev–Trinajstić information content (AvgIpc) is 2.69. The van der Waals surface area contributed by atoms with E-state index in [-0.39, 0.29) is 6.42 Å². The van der Waals surface area contributed by atoms with Crippen LogP contribution in [0.2, 0.25) is 0 Å². The van der Waals surface area contributed by atoms with Crippen molar-refractivity contribution in [1.29, 1.82) is 0 Å². The summed E-state index contributed by atoms with van der Waals surface area (Å²) in [6.07, 6.45) is 1.07. The Labute approximate surface area is 163 Å². The van der Waals surface area contributed by atoms with Gasteiger partial charge in [0.05, 0.1) is 27.0 Å². The maximum Gasteiger partial charge on any atom is 0.249 e. The Hall–Kier alpha value is -3.55. The van der Waals surface area contributed by atoms with Crippen molar-refractivity contribution in [1.82, 2.24) is 5.43 Å². The van der Waals surface area contributed by atoms with Crippen molar-refractivity contribution in [3.8, 4) is 17.2 Å². The van der Waals surface area contributed by atoms with E-state index in [9.17, 15) is 9.59 Å². The third kappa shape index (κ3) is 6.31. The number of anilines is 1. The van der Waals surface area contributed by atoms with Crippen LogP contribution in [0.1, 0.15) is 18.9 Å². The van der Waals surface area contributed by atoms with Gasteiger partial charge in [-0.25, -0.2) is 5.43 Å². The van der Waals surface area contributed by atoms with E-state index in [1.54, 1.807) is 49.6 Å². The molecule has 148 valence electrons. The van der Waals surface area contributed by atoms with Crippen LogP contribution >= 0.6 is 0 Å². The first-order valence-electron chi connectivity index (χ1n) is 8.62. The molecule has 0 fully saturated rings. The maximum absolute atomic E-state index is 11.9. The molecule has 2 aromatic rings. The molecule has 0 aromatic heterocycles. The Balaban J connectivity index is 1.84. The lowest BCUT2D eigenvalue weighted by Crippen LogP contribution is -2.24. The molecule has 2 rings (SSSR count). The number of amides is 2. The number of benzene rings is 2. The van der Waals surface area contributed by atoms with Crippen LogP contribution in [0.3, 0.4) is 0 Å². The second-order valence-electron chi connectivity index (χ2n) is 5.58. The number of hydrogen-bond acceptors (Lipinski definition) is 6. The lowest BCUT2D eigenvalue weighted by Gasteiger charge is -2.07. The monoisotopic (exact) mass is 385 g/mol. The van der Waals surface area contributed by atoms with Gasteiger partial charge in [-0.1, -0.05) is 0 Å². The van der Waals surface area contributed by atoms with Crippen LogP contribution < -0.4 is 25.0 Å². The van der Waals surface area contributed by atoms with Crippen LogP contribution in [-0.2, 0) is 9.59 Å². The number of rotatable bonds is 9. The number of carbonyl (C=O) groups is 2. The zero-order valence-electron chi connectivity index (χ0n) is 16.0. The number of hydrogen-bond donors (Lipinski definition) is 2. The van der Waals surface area contributed by atoms with Gasteiger partial charge in [0.2, 0.25) is 11.8 Å². The minimum Gasteiger partial charge on any atom is -0.497 e. The molecule has 0 aliphatic carbocycles. The zero-order valence-corrected chi connectivity index (χ0v) is 16.0. The first-order valence-corrected chi connectivity index (χ1v) is 8.62. The Morgan fingerprint density at radius 1 is 1.00 bits per heavy atom. The summed E-state index contributed by atoms with van der Waals surface area (Å²) in [5.41, 5.74) is 3.55. The predicted octanol–water partition coefficient (Wildman–Crippen LogP) is 2.58. The van der Waals surface area contributed by atoms with Crippen LogP contribution in [0.4, 0.5) is 5.69 Å². The van der Waals surface area contributed by atoms with E-state index in [0.717, 1.165) is 0 Å². The van der Waals surface area contributed by atoms with E-state index in [1.807, 2.05) is 6.92 Å². The van der Waals surface area contributed by atoms with Gasteiger partial charge in [0.25, 0.3) is 0 Å². The van der Waals surface area contributed by atoms with Crippen molar-refractivity contribution in [2.24, 2.45) is 5.10 Å². The predicted molar refractivity (Wildman–Crippen MR) is 106 cm³/mol. The molecule has 0 atom stereocenters. The van der Waals surface area contributed by atoms with Gasteiger partial charge in [0.1, 0.15) is 23.7 Å². The fraction of sp³-hybridized carbons (Fsp3) is 0.250. The van der Waals surface area contributed by atoms with Crippen LogP contribution in [0.5, 0.6) is 17.2 Å². The number of hydrazone groups is 1. The van der Waals surface area contributed by atoms with Gasteiger partial charge in [-0.15, -0.1) is 0 Å². The van der Waals surface area contributed by atoms with Gasteiger partial charge < -0.3 is 19.5 Å². The van der Waals surface area contributed by atoms with Gasteiger partial charge >= 0.3 is 0 Å². The third-order valence-electron chi connectivity index (χ3n) is 3.60. The number of nitrogens with one attached hydrogen (secondary N) is 2. The van der Waals surface area contributed by atoms with Gasteiger partial charge in [-0.3, -0.25) is 9.59 Å². The quantitative estimate of drug-likeness (QED) is 0.393. The summed E-state index contributed by atoms with van der Waals surface area (Å²) in [4.78, 5) is 23.8. The van der Waals surface area contributed by atoms with Gasteiger partial charge in [-0.05, 0) is 43.3 Å². The smallest absolute Gasteiger partial charge is 0.249 e. The first kappa shape index (κ1) is 20.8. The average molecular weight is 385 g/mol. The van der Waals surface area contributed by atoms with Crippen molar-refractivity contribution >= 4 is 23.7 Å². The Morgan fingerprint density at radius 2 is 1.71 bits per heavy atom. The molecule has 2 amide bonds. The van der Waals surface area contributed by atoms with Crippen LogP contribution in [-0.4, -0.2) is 38.9 Å². The van der Waals surface area contributed by atoms with E-state index >= 15 is 0 Å². The molecule has 8 nitrogen and oxygen atoms in total. The second-order valence-corrected chi connectivity index (χ2v) is 5.58. The van der Waals surface area contributed by atoms with Crippen LogP contribution in [0.25, 0.3) is 0 Å². The van der Waals surface area contributed by atoms with Gasteiger partial charge in [-0.2, -0.15) is 5.10 Å². The minimum absolute atomic E-state index is 0.357. The SMILES string of the molecule is CCOc1ccc(NC(=O)CC(=O)NN=Cc2ccc(OC)cc2OC)cc1. The number of methoxy groups -OCH3 is 2. The third-order valence-corrected chi connectivity index (χ3v) is 3.60. The number of carbonyl (C=O) groups excluding carboxylic acids is 2. The van der Waals surface area contributed by atoms with E-state index in [4.69, 9.17) is 14.2 Å². The normalized spacial score (nSPS) is 10.4. The highest BCUT2D eigenvalue weighted by atomic mass is 16.5. The van der Waals surface area contributed by atoms with Gasteiger partial charge in [0.15, 0.2) is 0 Å². The lowest BCUT2D eigenvalue weighted by molar-refractivity contribution is -0.126. The Bertz CT molecular complexity index is 834. The van der Waals surface area contributed by atoms with E-state index in [2.05, 4.69) is 15.8 Å². The van der Waals surface area contributed by atoms with Crippen molar-refractivity contribution < 1.29 is 23.8 Å². The topological polar surface area (TPSA) is 98.2 Å². The summed E-state index contributed by atoms with van der Waals surface area (Å²) >= 11 is 0. The zero-order chi connectivity index (χ0) is 20.4. The molecule has 2 aromatic carbocycles. The summed E-state index contributed by atoms with van der Waals surface area (Å²) in [6.45, 7) is 2.45. The van der Waals surface area contributed by atoms with Crippen LogP contribution in [0.15, 0.2) is 47.6 Å². The first-order chi connectivity index (χ1) is 13.5. The summed E-state index contributed by atoms with van der Waals surface area (Å²) < 4.78 is 15.7. The summed E-state index contributed by atoms with van der Waals surface area (Å²) in [7, 11) is 3.08. The molecule has 0 saturated carbocycles. The highest BCUT2D eigenvalue weighted by molar-refractivity contribution is 6.03. The van der Waals surface area contributed by atoms with Crippen molar-refractivity contribution in [3.63, 3.8) is 0 Å². The molecule has 2 N–H and O–H groups in total. The summed E-state index contributed by atoms with van der Waals surface area (Å²) in [5, 5.41) is 6.50. The molecule has 0 heterocycles. The maximum atomic E-state index is 11.9. The van der Waals surface area contributed by atoms with E-state index < -0.39 is 11.8 Å². The van der Waals surface area contributed by atoms with Crippen molar-refractivity contribution in [2.45, 2.75) is 13.3 Å². The molecule has 0 saturated heterocycles. The number of nitrogens with zero attached hydrogens (tertiary/aromatic N) is 1. The van der Waals surface area contributed by atoms with Crippen molar-refractivity contribution in [2.75, 3.05) is 26.1 Å². The molecule has 0 spiro atoms. The molecule has 0 aliphatic rings. The molecule has 28 heavy (non-hydrogen) atoms. The fourth-order valence-electron chi connectivity index (χ4n) is 2.29.